The molecule has 3 rings (SSSR count). The number of aryl methyl sites for hydroxylation is 1. The summed E-state index contributed by atoms with van der Waals surface area (Å²) in [5.41, 5.74) is 1.65. The molecular weight excluding hydrogens is 597 g/mol. The molecule has 42 heavy (non-hydrogen) atoms. The van der Waals surface area contributed by atoms with Crippen LogP contribution in [0, 0.1) is 6.92 Å². The lowest BCUT2D eigenvalue weighted by Gasteiger charge is -2.33. The number of benzene rings is 3. The second kappa shape index (κ2) is 15.3. The van der Waals surface area contributed by atoms with Crippen molar-refractivity contribution in [2.75, 3.05) is 24.5 Å². The van der Waals surface area contributed by atoms with Crippen molar-refractivity contribution < 1.29 is 22.7 Å². The van der Waals surface area contributed by atoms with E-state index in [9.17, 15) is 18.0 Å². The summed E-state index contributed by atoms with van der Waals surface area (Å²) in [5, 5.41) is 3.66. The number of nitrogens with one attached hydrogen (secondary N) is 1. The molecule has 0 unspecified atom stereocenters. The minimum absolute atomic E-state index is 0.0171. The monoisotopic (exact) mass is 633 g/mol. The Bertz CT molecular complexity index is 1480. The van der Waals surface area contributed by atoms with E-state index in [2.05, 4.69) is 5.32 Å². The molecule has 226 valence electrons. The lowest BCUT2D eigenvalue weighted by Crippen LogP contribution is -2.52. The molecule has 0 saturated heterocycles. The second-order valence-electron chi connectivity index (χ2n) is 9.82. The second-order valence-corrected chi connectivity index (χ2v) is 12.5. The summed E-state index contributed by atoms with van der Waals surface area (Å²) < 4.78 is 34.6. The van der Waals surface area contributed by atoms with Gasteiger partial charge in [-0.2, -0.15) is 0 Å². The maximum absolute atomic E-state index is 14.2. The minimum Gasteiger partial charge on any atom is -0.495 e. The number of halogens is 2. The van der Waals surface area contributed by atoms with Gasteiger partial charge >= 0.3 is 0 Å². The van der Waals surface area contributed by atoms with Crippen LogP contribution in [-0.2, 0) is 26.2 Å². The molecule has 0 spiro atoms. The van der Waals surface area contributed by atoms with Crippen molar-refractivity contribution in [2.45, 2.75) is 57.5 Å². The molecule has 1 atom stereocenters. The van der Waals surface area contributed by atoms with Gasteiger partial charge < -0.3 is 15.0 Å². The van der Waals surface area contributed by atoms with Crippen LogP contribution in [0.25, 0.3) is 0 Å². The van der Waals surface area contributed by atoms with E-state index >= 15 is 0 Å². The molecule has 3 aromatic carbocycles. The van der Waals surface area contributed by atoms with Gasteiger partial charge in [0.15, 0.2) is 0 Å². The molecule has 0 saturated carbocycles. The van der Waals surface area contributed by atoms with Crippen molar-refractivity contribution in [3.05, 3.63) is 87.9 Å². The summed E-state index contributed by atoms with van der Waals surface area (Å²) in [7, 11) is -2.80. The zero-order chi connectivity index (χ0) is 30.9. The van der Waals surface area contributed by atoms with E-state index in [1.54, 1.807) is 61.5 Å². The van der Waals surface area contributed by atoms with Crippen molar-refractivity contribution in [3.63, 3.8) is 0 Å². The summed E-state index contributed by atoms with van der Waals surface area (Å²) >= 11 is 12.6. The minimum atomic E-state index is -4.23. The summed E-state index contributed by atoms with van der Waals surface area (Å²) in [5.74, 6) is -0.632. The lowest BCUT2D eigenvalue weighted by molar-refractivity contribution is -0.140. The van der Waals surface area contributed by atoms with E-state index in [1.807, 2.05) is 13.8 Å². The molecule has 2 amide bonds. The fraction of sp³-hybridized carbons (Fsp3) is 0.355. The average molecular weight is 635 g/mol. The number of amides is 2. The molecule has 0 heterocycles. The molecule has 0 fully saturated rings. The third-order valence-electron chi connectivity index (χ3n) is 6.81. The molecule has 0 aliphatic heterocycles. The van der Waals surface area contributed by atoms with Gasteiger partial charge in [-0.25, -0.2) is 8.42 Å². The number of sulfonamides is 1. The fourth-order valence-corrected chi connectivity index (χ4v) is 6.34. The van der Waals surface area contributed by atoms with Crippen molar-refractivity contribution in [1.29, 1.82) is 0 Å². The van der Waals surface area contributed by atoms with Gasteiger partial charge in [0.25, 0.3) is 10.0 Å². The van der Waals surface area contributed by atoms with E-state index in [0.29, 0.717) is 28.6 Å². The number of para-hydroxylation sites is 2. The van der Waals surface area contributed by atoms with Crippen LogP contribution in [0.3, 0.4) is 0 Å². The van der Waals surface area contributed by atoms with Crippen LogP contribution in [0.15, 0.2) is 71.6 Å². The zero-order valence-corrected chi connectivity index (χ0v) is 26.6. The van der Waals surface area contributed by atoms with Gasteiger partial charge in [-0.15, -0.1) is 0 Å². The van der Waals surface area contributed by atoms with Crippen LogP contribution in [0.2, 0.25) is 10.0 Å². The fourth-order valence-electron chi connectivity index (χ4n) is 4.45. The number of unbranched alkanes of at least 4 members (excludes halogenated alkanes) is 1. The third-order valence-corrected chi connectivity index (χ3v) is 9.17. The van der Waals surface area contributed by atoms with Crippen LogP contribution in [0.1, 0.15) is 44.2 Å². The van der Waals surface area contributed by atoms with E-state index in [-0.39, 0.29) is 28.8 Å². The Balaban J connectivity index is 2.09. The van der Waals surface area contributed by atoms with E-state index < -0.39 is 28.5 Å². The summed E-state index contributed by atoms with van der Waals surface area (Å²) in [4.78, 5) is 28.9. The average Bonchev–Trinajstić information content (AvgIpc) is 2.97. The van der Waals surface area contributed by atoms with Crippen LogP contribution in [0.5, 0.6) is 5.75 Å². The Hall–Kier alpha value is -3.27. The summed E-state index contributed by atoms with van der Waals surface area (Å²) in [6.45, 7) is 5.52. The van der Waals surface area contributed by atoms with Gasteiger partial charge in [0, 0.05) is 23.1 Å². The maximum Gasteiger partial charge on any atom is 0.264 e. The predicted molar refractivity (Wildman–Crippen MR) is 168 cm³/mol. The number of ether oxygens (including phenoxy) is 1. The molecule has 0 bridgehead atoms. The van der Waals surface area contributed by atoms with E-state index in [4.69, 9.17) is 27.9 Å². The quantitative estimate of drug-likeness (QED) is 0.212. The Morgan fingerprint density at radius 3 is 2.31 bits per heavy atom. The van der Waals surface area contributed by atoms with Gasteiger partial charge in [-0.1, -0.05) is 79.4 Å². The number of hydrogen-bond donors (Lipinski definition) is 1. The standard InChI is InChI=1S/C31H37Cl2N3O5S/c1-5-7-18-34-31(38)27(6-2)35(20-23-14-15-24(32)19-26(23)33)30(37)21-36(28-10-8-9-11-29(28)41-4)42(39,40)25-16-12-22(3)13-17-25/h8-17,19,27H,5-7,18,20-21H2,1-4H3,(H,34,38)/t27-/m1/s1. The van der Waals surface area contributed by atoms with Crippen LogP contribution >= 0.6 is 23.2 Å². The topological polar surface area (TPSA) is 96.0 Å². The number of nitrogens with zero attached hydrogens (tertiary/aromatic N) is 2. The van der Waals surface area contributed by atoms with E-state index in [0.717, 1.165) is 22.7 Å². The summed E-state index contributed by atoms with van der Waals surface area (Å²) in [6.07, 6.45) is 1.98. The Morgan fingerprint density at radius 2 is 1.69 bits per heavy atom. The molecule has 1 N–H and O–H groups in total. The van der Waals surface area contributed by atoms with Crippen molar-refractivity contribution in [1.82, 2.24) is 10.2 Å². The largest absolute Gasteiger partial charge is 0.495 e. The zero-order valence-electron chi connectivity index (χ0n) is 24.3. The number of hydrogen-bond acceptors (Lipinski definition) is 5. The van der Waals surface area contributed by atoms with Gasteiger partial charge in [-0.05, 0) is 61.7 Å². The first-order valence-corrected chi connectivity index (χ1v) is 16.0. The van der Waals surface area contributed by atoms with Crippen molar-refractivity contribution in [2.24, 2.45) is 0 Å². The van der Waals surface area contributed by atoms with Gasteiger partial charge in [-0.3, -0.25) is 13.9 Å². The highest BCUT2D eigenvalue weighted by molar-refractivity contribution is 7.92. The van der Waals surface area contributed by atoms with Gasteiger partial charge in [0.1, 0.15) is 18.3 Å². The van der Waals surface area contributed by atoms with Crippen molar-refractivity contribution >= 4 is 50.7 Å². The van der Waals surface area contributed by atoms with E-state index in [1.165, 1.54) is 24.1 Å². The Labute approximate surface area is 258 Å². The van der Waals surface area contributed by atoms with Crippen LogP contribution in [0.4, 0.5) is 5.69 Å². The van der Waals surface area contributed by atoms with Crippen LogP contribution < -0.4 is 14.4 Å². The SMILES string of the molecule is CCCCNC(=O)[C@@H](CC)N(Cc1ccc(Cl)cc1Cl)C(=O)CN(c1ccccc1OC)S(=O)(=O)c1ccc(C)cc1. The molecule has 3 aromatic rings. The Kier molecular flexibility index (Phi) is 12.1. The molecule has 0 radical (unpaired) electrons. The molecule has 11 heteroatoms. The lowest BCUT2D eigenvalue weighted by atomic mass is 10.1. The smallest absolute Gasteiger partial charge is 0.264 e. The molecule has 8 nitrogen and oxygen atoms in total. The highest BCUT2D eigenvalue weighted by atomic mass is 35.5. The number of carbonyl (C=O) groups excluding carboxylic acids is 2. The van der Waals surface area contributed by atoms with Crippen molar-refractivity contribution in [3.8, 4) is 5.75 Å². The van der Waals surface area contributed by atoms with Crippen LogP contribution in [-0.4, -0.2) is 51.4 Å². The first-order valence-electron chi connectivity index (χ1n) is 13.8. The third kappa shape index (κ3) is 8.18. The first-order chi connectivity index (χ1) is 20.0. The number of carbonyl (C=O) groups is 2. The predicted octanol–water partition coefficient (Wildman–Crippen LogP) is 6.23. The molecule has 0 aliphatic carbocycles. The van der Waals surface area contributed by atoms with Gasteiger partial charge in [0.05, 0.1) is 17.7 Å². The summed E-state index contributed by atoms with van der Waals surface area (Å²) in [6, 6.07) is 17.0. The number of methoxy groups -OCH3 is 1. The highest BCUT2D eigenvalue weighted by Crippen LogP contribution is 2.33. The molecule has 0 aromatic heterocycles. The Morgan fingerprint density at radius 1 is 1.00 bits per heavy atom. The number of rotatable bonds is 14. The first kappa shape index (κ1) is 33.2. The number of anilines is 1. The molecular formula is C31H37Cl2N3O5S. The highest BCUT2D eigenvalue weighted by Gasteiger charge is 2.35. The van der Waals surface area contributed by atoms with Gasteiger partial charge in [0.2, 0.25) is 11.8 Å². The maximum atomic E-state index is 14.2. The molecule has 0 aliphatic rings. The normalized spacial score (nSPS) is 12.0.